The van der Waals surface area contributed by atoms with E-state index in [0.29, 0.717) is 22.3 Å². The van der Waals surface area contributed by atoms with Gasteiger partial charge in [-0.1, -0.05) is 70.0 Å². The zero-order chi connectivity index (χ0) is 37.5. The topological polar surface area (TPSA) is 7.76 Å². The van der Waals surface area contributed by atoms with Crippen LogP contribution in [0.25, 0.3) is 22.5 Å². The molecule has 0 atom stereocenters. The third kappa shape index (κ3) is 8.62. The third-order valence-corrected chi connectivity index (χ3v) is 6.26. The van der Waals surface area contributed by atoms with Crippen LogP contribution in [0, 0.1) is 38.9 Å². The van der Waals surface area contributed by atoms with Crippen LogP contribution in [0.4, 0.5) is 0 Å². The first-order valence-electron chi connectivity index (χ1n) is 18.4. The van der Waals surface area contributed by atoms with Crippen LogP contribution in [0.2, 0.25) is 0 Å². The molecule has 2 aromatic carbocycles. The smallest absolute Gasteiger partial charge is 0.201 e. The van der Waals surface area contributed by atoms with E-state index in [4.69, 9.17) is 13.7 Å². The van der Waals surface area contributed by atoms with Crippen molar-refractivity contribution in [2.45, 2.75) is 74.9 Å². The number of aryl methyl sites for hydroxylation is 6. The molecule has 2 heteroatoms. The molecule has 0 bridgehead atoms. The van der Waals surface area contributed by atoms with E-state index in [0.717, 1.165) is 33.6 Å². The van der Waals surface area contributed by atoms with Crippen molar-refractivity contribution in [3.8, 4) is 22.5 Å². The van der Waals surface area contributed by atoms with Crippen molar-refractivity contribution in [1.29, 1.82) is 0 Å². The van der Waals surface area contributed by atoms with Crippen LogP contribution in [0.5, 0.6) is 0 Å². The Morgan fingerprint density at radius 2 is 1.33 bits per heavy atom. The van der Waals surface area contributed by atoms with Crippen LogP contribution in [0.15, 0.2) is 73.1 Å². The maximum atomic E-state index is 8.50. The highest BCUT2D eigenvalue weighted by Crippen LogP contribution is 2.26. The molecule has 0 spiro atoms. The van der Waals surface area contributed by atoms with Crippen molar-refractivity contribution in [3.63, 3.8) is 0 Å². The number of pyridine rings is 2. The molecule has 39 heavy (non-hydrogen) atoms. The minimum absolute atomic E-state index is 0.122. The summed E-state index contributed by atoms with van der Waals surface area (Å²) in [4.78, 5) is 0. The minimum Gasteiger partial charge on any atom is -0.201 e. The maximum Gasteiger partial charge on any atom is 0.212 e. The van der Waals surface area contributed by atoms with Gasteiger partial charge < -0.3 is 0 Å². The van der Waals surface area contributed by atoms with Crippen LogP contribution in [-0.2, 0) is 26.8 Å². The van der Waals surface area contributed by atoms with E-state index in [9.17, 15) is 0 Å². The van der Waals surface area contributed by atoms with Crippen LogP contribution in [0.3, 0.4) is 0 Å². The SMILES string of the molecule is [2H]C([2H])([2H])c1ccc(-c2cc(C([2H])([2H])C(C)(C)C)cc[n+]2C)c(C)c1.[2H]C([2H])([2H])c1ccc(-c2ccc(C([2H])([2H])C(C)C)c[n+]2C)c(C)c1. The van der Waals surface area contributed by atoms with E-state index in [1.165, 1.54) is 0 Å². The van der Waals surface area contributed by atoms with Gasteiger partial charge in [0.05, 0.1) is 0 Å². The second-order valence-corrected chi connectivity index (χ2v) is 11.6. The number of benzene rings is 2. The Bertz CT molecular complexity index is 1800. The quantitative estimate of drug-likeness (QED) is 0.228. The Kier molecular flexibility index (Phi) is 6.18. The van der Waals surface area contributed by atoms with E-state index < -0.39 is 31.9 Å². The highest BCUT2D eigenvalue weighted by molar-refractivity contribution is 5.62. The summed E-state index contributed by atoms with van der Waals surface area (Å²) in [6.45, 7) is 8.93. The molecule has 0 fully saturated rings. The van der Waals surface area contributed by atoms with E-state index >= 15 is 0 Å². The first kappa shape index (κ1) is 18.9. The van der Waals surface area contributed by atoms with Crippen molar-refractivity contribution in [1.82, 2.24) is 0 Å². The Labute approximate surface area is 252 Å². The fraction of sp³-hybridized carbons (Fsp3) is 0.405. The summed E-state index contributed by atoms with van der Waals surface area (Å²) < 4.78 is 82.5. The molecule has 0 unspecified atom stereocenters. The van der Waals surface area contributed by atoms with Gasteiger partial charge >= 0.3 is 0 Å². The van der Waals surface area contributed by atoms with Gasteiger partial charge in [0.25, 0.3) is 0 Å². The Hall–Kier alpha value is -3.26. The molecule has 0 aliphatic carbocycles. The molecular formula is C37H50N2+2. The number of nitrogens with zero attached hydrogens (tertiary/aromatic N) is 2. The van der Waals surface area contributed by atoms with Crippen molar-refractivity contribution in [2.24, 2.45) is 25.4 Å². The normalized spacial score (nSPS) is 16.6. The van der Waals surface area contributed by atoms with Gasteiger partial charge in [0.1, 0.15) is 14.1 Å². The van der Waals surface area contributed by atoms with Gasteiger partial charge in [0.2, 0.25) is 11.4 Å². The molecule has 0 aliphatic rings. The molecule has 0 amide bonds. The molecule has 2 nitrogen and oxygen atoms in total. The van der Waals surface area contributed by atoms with Crippen LogP contribution in [0.1, 0.15) is 81.7 Å². The second kappa shape index (κ2) is 12.7. The van der Waals surface area contributed by atoms with E-state index in [-0.39, 0.29) is 5.92 Å². The van der Waals surface area contributed by atoms with Crippen molar-refractivity contribution >= 4 is 0 Å². The molecule has 0 N–H and O–H groups in total. The van der Waals surface area contributed by atoms with Gasteiger partial charge in [-0.15, -0.1) is 0 Å². The molecule has 0 saturated carbocycles. The van der Waals surface area contributed by atoms with Crippen molar-refractivity contribution in [2.75, 3.05) is 0 Å². The molecule has 0 aliphatic heterocycles. The lowest BCUT2D eigenvalue weighted by atomic mass is 9.88. The number of aromatic nitrogens is 2. The van der Waals surface area contributed by atoms with Gasteiger partial charge in [-0.3, -0.25) is 0 Å². The summed E-state index contributed by atoms with van der Waals surface area (Å²) in [6, 6.07) is 17.7. The summed E-state index contributed by atoms with van der Waals surface area (Å²) in [5.74, 6) is -0.122. The second-order valence-electron chi connectivity index (χ2n) is 11.6. The van der Waals surface area contributed by atoms with E-state index in [1.807, 2.05) is 114 Å². The fourth-order valence-corrected chi connectivity index (χ4v) is 4.56. The van der Waals surface area contributed by atoms with Crippen LogP contribution in [-0.4, -0.2) is 0 Å². The Morgan fingerprint density at radius 3 is 1.82 bits per heavy atom. The summed E-state index contributed by atoms with van der Waals surface area (Å²) >= 11 is 0. The summed E-state index contributed by atoms with van der Waals surface area (Å²) in [7, 11) is 3.79. The average molecular weight is 533 g/mol. The first-order chi connectivity index (χ1) is 22.2. The van der Waals surface area contributed by atoms with Crippen LogP contribution < -0.4 is 9.13 Å². The molecule has 2 heterocycles. The zero-order valence-corrected chi connectivity index (χ0v) is 24.9. The van der Waals surface area contributed by atoms with Crippen LogP contribution >= 0.6 is 0 Å². The molecule has 0 radical (unpaired) electrons. The lowest BCUT2D eigenvalue weighted by Crippen LogP contribution is -2.31. The Morgan fingerprint density at radius 1 is 0.744 bits per heavy atom. The first-order valence-corrected chi connectivity index (χ1v) is 13.4. The fourth-order valence-electron chi connectivity index (χ4n) is 4.56. The predicted molar refractivity (Wildman–Crippen MR) is 167 cm³/mol. The standard InChI is InChI=1S/C19H26N.C18H24N/c1-14-7-8-17(15(2)11-14)18-12-16(9-10-20(18)6)13-19(3,4)5;1-13(2)10-16-7-9-18(19(5)12-16)17-8-6-14(3)11-15(17)4/h7-12H,13H2,1-6H3;6-9,11-13H,10H2,1-5H3/q2*+1/i1D3,13D2;3D3,10D2. The summed E-state index contributed by atoms with van der Waals surface area (Å²) in [6.07, 6.45) is 0.788. The number of hydrogen-bond donors (Lipinski definition) is 0. The molecule has 0 saturated heterocycles. The van der Waals surface area contributed by atoms with E-state index in [1.54, 1.807) is 30.3 Å². The molecular weight excluding hydrogens is 472 g/mol. The Balaban J connectivity index is 0.000000266. The zero-order valence-electron chi connectivity index (χ0n) is 34.9. The highest BCUT2D eigenvalue weighted by Gasteiger charge is 2.17. The van der Waals surface area contributed by atoms with Gasteiger partial charge in [-0.2, -0.15) is 0 Å². The van der Waals surface area contributed by atoms with Crippen molar-refractivity contribution in [3.05, 3.63) is 106 Å². The third-order valence-electron chi connectivity index (χ3n) is 6.26. The molecule has 4 rings (SSSR count). The van der Waals surface area contributed by atoms with Gasteiger partial charge in [-0.25, -0.2) is 9.13 Å². The van der Waals surface area contributed by atoms with Gasteiger partial charge in [-0.05, 0) is 86.5 Å². The number of hydrogen-bond acceptors (Lipinski definition) is 0. The van der Waals surface area contributed by atoms with Crippen molar-refractivity contribution < 1.29 is 22.8 Å². The molecule has 4 aromatic rings. The maximum absolute atomic E-state index is 8.50. The summed E-state index contributed by atoms with van der Waals surface area (Å²) in [5, 5.41) is 0. The number of rotatable bonds is 5. The average Bonchev–Trinajstić information content (AvgIpc) is 2.96. The highest BCUT2D eigenvalue weighted by atomic mass is 14.9. The van der Waals surface area contributed by atoms with E-state index in [2.05, 4.69) is 0 Å². The largest absolute Gasteiger partial charge is 0.212 e. The van der Waals surface area contributed by atoms with Gasteiger partial charge in [0, 0.05) is 48.6 Å². The lowest BCUT2D eigenvalue weighted by molar-refractivity contribution is -0.660. The lowest BCUT2D eigenvalue weighted by Gasteiger charge is -2.18. The minimum atomic E-state index is -2.13. The van der Waals surface area contributed by atoms with Gasteiger partial charge in [0.15, 0.2) is 12.4 Å². The summed E-state index contributed by atoms with van der Waals surface area (Å²) in [5.41, 5.74) is 6.75. The molecule has 206 valence electrons. The predicted octanol–water partition coefficient (Wildman–Crippen LogP) is 8.38. The monoisotopic (exact) mass is 532 g/mol. The molecule has 2 aromatic heterocycles.